The Labute approximate surface area is 172 Å². The molecule has 0 spiro atoms. The molecule has 1 amide bonds. The van der Waals surface area contributed by atoms with Gasteiger partial charge >= 0.3 is 0 Å². The van der Waals surface area contributed by atoms with E-state index in [-0.39, 0.29) is 5.91 Å². The molecule has 0 aliphatic carbocycles. The van der Waals surface area contributed by atoms with E-state index in [1.54, 1.807) is 0 Å². The molecule has 0 unspecified atom stereocenters. The molecule has 0 aliphatic rings. The highest BCUT2D eigenvalue weighted by Gasteiger charge is 2.14. The van der Waals surface area contributed by atoms with Crippen LogP contribution in [-0.4, -0.2) is 15.5 Å². The van der Waals surface area contributed by atoms with Crippen LogP contribution >= 0.6 is 11.3 Å². The summed E-state index contributed by atoms with van der Waals surface area (Å²) in [6.45, 7) is 1.09. The third kappa shape index (κ3) is 3.41. The number of hydrogen-bond donors (Lipinski definition) is 1. The van der Waals surface area contributed by atoms with Crippen LogP contribution in [0.15, 0.2) is 84.2 Å². The van der Waals surface area contributed by atoms with Gasteiger partial charge in [-0.1, -0.05) is 60.7 Å². The van der Waals surface area contributed by atoms with Crippen LogP contribution in [0, 0.1) is 0 Å². The smallest absolute Gasteiger partial charge is 0.261 e. The van der Waals surface area contributed by atoms with E-state index in [0.717, 1.165) is 16.9 Å². The van der Waals surface area contributed by atoms with Gasteiger partial charge in [-0.2, -0.15) is 0 Å². The Kier molecular flexibility index (Phi) is 4.58. The molecule has 2 heterocycles. The molecule has 2 aromatic heterocycles. The Balaban J connectivity index is 1.52. The zero-order valence-electron chi connectivity index (χ0n) is 15.7. The maximum Gasteiger partial charge on any atom is 0.261 e. The summed E-state index contributed by atoms with van der Waals surface area (Å²) >= 11 is 1.44. The summed E-state index contributed by atoms with van der Waals surface area (Å²) in [5.74, 6) is 0.785. The number of thiophene rings is 1. The Bertz CT molecular complexity index is 1300. The molecule has 0 saturated heterocycles. The van der Waals surface area contributed by atoms with Gasteiger partial charge in [0.05, 0.1) is 29.0 Å². The fraction of sp³-hybridized carbons (Fsp3) is 0.0833. The van der Waals surface area contributed by atoms with Crippen LogP contribution < -0.4 is 5.32 Å². The molecule has 0 saturated carbocycles. The molecule has 3 aromatic carbocycles. The lowest BCUT2D eigenvalue weighted by atomic mass is 10.0. The number of carbonyl (C=O) groups is 1. The lowest BCUT2D eigenvalue weighted by Crippen LogP contribution is -2.24. The van der Waals surface area contributed by atoms with Gasteiger partial charge in [0.25, 0.3) is 5.91 Å². The monoisotopic (exact) mass is 397 g/mol. The van der Waals surface area contributed by atoms with Crippen LogP contribution in [-0.2, 0) is 13.1 Å². The van der Waals surface area contributed by atoms with Crippen molar-refractivity contribution in [3.05, 3.63) is 101 Å². The number of para-hydroxylation sites is 2. The average molecular weight is 398 g/mol. The number of fused-ring (bicyclic) bond motifs is 2. The van der Waals surface area contributed by atoms with Crippen molar-refractivity contribution in [3.8, 4) is 0 Å². The summed E-state index contributed by atoms with van der Waals surface area (Å²) in [4.78, 5) is 17.9. The molecule has 0 bridgehead atoms. The van der Waals surface area contributed by atoms with Crippen molar-refractivity contribution in [1.29, 1.82) is 0 Å². The topological polar surface area (TPSA) is 46.9 Å². The first-order chi connectivity index (χ1) is 14.3. The maximum atomic E-state index is 12.4. The highest BCUT2D eigenvalue weighted by molar-refractivity contribution is 7.12. The van der Waals surface area contributed by atoms with Crippen molar-refractivity contribution in [2.24, 2.45) is 0 Å². The summed E-state index contributed by atoms with van der Waals surface area (Å²) in [6, 6.07) is 26.6. The van der Waals surface area contributed by atoms with Crippen LogP contribution in [0.1, 0.15) is 21.1 Å². The Morgan fingerprint density at radius 2 is 1.76 bits per heavy atom. The van der Waals surface area contributed by atoms with Crippen LogP contribution in [0.5, 0.6) is 0 Å². The molecule has 1 N–H and O–H groups in total. The largest absolute Gasteiger partial charge is 0.344 e. The normalized spacial score (nSPS) is 11.2. The quantitative estimate of drug-likeness (QED) is 0.441. The van der Waals surface area contributed by atoms with E-state index in [2.05, 4.69) is 58.4 Å². The lowest BCUT2D eigenvalue weighted by molar-refractivity contribution is 0.0953. The standard InChI is InChI=1S/C24H19N3OS/c28-24(22-13-6-14-29-22)25-15-23-26-20-11-3-4-12-21(20)27(23)16-18-9-5-8-17-7-1-2-10-19(17)18/h1-14H,15-16H2,(H,25,28). The molecule has 5 heteroatoms. The van der Waals surface area contributed by atoms with Crippen molar-refractivity contribution in [2.75, 3.05) is 0 Å². The minimum Gasteiger partial charge on any atom is -0.344 e. The van der Waals surface area contributed by atoms with E-state index in [4.69, 9.17) is 4.98 Å². The number of rotatable bonds is 5. The van der Waals surface area contributed by atoms with Crippen LogP contribution in [0.4, 0.5) is 0 Å². The summed E-state index contributed by atoms with van der Waals surface area (Å²) in [7, 11) is 0. The van der Waals surface area contributed by atoms with E-state index >= 15 is 0 Å². The zero-order valence-corrected chi connectivity index (χ0v) is 16.5. The highest BCUT2D eigenvalue weighted by Crippen LogP contribution is 2.23. The molecular formula is C24H19N3OS. The molecule has 0 radical (unpaired) electrons. The average Bonchev–Trinajstić information content (AvgIpc) is 3.41. The van der Waals surface area contributed by atoms with Crippen LogP contribution in [0.2, 0.25) is 0 Å². The van der Waals surface area contributed by atoms with E-state index in [1.165, 1.54) is 27.7 Å². The first-order valence-corrected chi connectivity index (χ1v) is 10.4. The molecule has 142 valence electrons. The summed E-state index contributed by atoms with van der Waals surface area (Å²) in [5.41, 5.74) is 3.24. The van der Waals surface area contributed by atoms with Gasteiger partial charge in [0, 0.05) is 0 Å². The van der Waals surface area contributed by atoms with Gasteiger partial charge in [0.15, 0.2) is 0 Å². The van der Waals surface area contributed by atoms with E-state index in [0.29, 0.717) is 18.0 Å². The molecular weight excluding hydrogens is 378 g/mol. The van der Waals surface area contributed by atoms with Gasteiger partial charge in [0.1, 0.15) is 5.82 Å². The van der Waals surface area contributed by atoms with E-state index in [9.17, 15) is 4.79 Å². The number of carbonyl (C=O) groups excluding carboxylic acids is 1. The third-order valence-corrected chi connectivity index (χ3v) is 5.96. The Morgan fingerprint density at radius 1 is 0.931 bits per heavy atom. The number of imidazole rings is 1. The third-order valence-electron chi connectivity index (χ3n) is 5.09. The van der Waals surface area contributed by atoms with E-state index in [1.807, 2.05) is 35.7 Å². The SMILES string of the molecule is O=C(NCc1nc2ccccc2n1Cc1cccc2ccccc12)c1cccs1. The molecule has 4 nitrogen and oxygen atoms in total. The Hall–Kier alpha value is -3.44. The van der Waals surface area contributed by atoms with Gasteiger partial charge in [-0.3, -0.25) is 4.79 Å². The number of nitrogens with zero attached hydrogens (tertiary/aromatic N) is 2. The van der Waals surface area contributed by atoms with Crippen molar-refractivity contribution >= 4 is 39.0 Å². The Morgan fingerprint density at radius 3 is 2.66 bits per heavy atom. The van der Waals surface area contributed by atoms with Gasteiger partial charge in [0.2, 0.25) is 0 Å². The van der Waals surface area contributed by atoms with Crippen molar-refractivity contribution in [3.63, 3.8) is 0 Å². The molecule has 5 aromatic rings. The number of hydrogen-bond acceptors (Lipinski definition) is 3. The lowest BCUT2D eigenvalue weighted by Gasteiger charge is -2.12. The van der Waals surface area contributed by atoms with Crippen molar-refractivity contribution < 1.29 is 4.79 Å². The van der Waals surface area contributed by atoms with Crippen LogP contribution in [0.25, 0.3) is 21.8 Å². The molecule has 0 atom stereocenters. The summed E-state index contributed by atoms with van der Waals surface area (Å²) in [6.07, 6.45) is 0. The molecule has 0 aliphatic heterocycles. The molecule has 5 rings (SSSR count). The minimum absolute atomic E-state index is 0.0660. The number of amides is 1. The molecule has 0 fully saturated rings. The van der Waals surface area contributed by atoms with E-state index < -0.39 is 0 Å². The van der Waals surface area contributed by atoms with Gasteiger partial charge < -0.3 is 9.88 Å². The predicted molar refractivity (Wildman–Crippen MR) is 118 cm³/mol. The van der Waals surface area contributed by atoms with Gasteiger partial charge in [-0.05, 0) is 39.9 Å². The predicted octanol–water partition coefficient (Wildman–Crippen LogP) is 5.23. The molecule has 29 heavy (non-hydrogen) atoms. The number of nitrogens with one attached hydrogen (secondary N) is 1. The minimum atomic E-state index is -0.0660. The van der Waals surface area contributed by atoms with Crippen molar-refractivity contribution in [1.82, 2.24) is 14.9 Å². The second-order valence-corrected chi connectivity index (χ2v) is 7.85. The highest BCUT2D eigenvalue weighted by atomic mass is 32.1. The summed E-state index contributed by atoms with van der Waals surface area (Å²) in [5, 5.41) is 7.38. The van der Waals surface area contributed by atoms with Gasteiger partial charge in [-0.15, -0.1) is 11.3 Å². The second-order valence-electron chi connectivity index (χ2n) is 6.90. The fourth-order valence-electron chi connectivity index (χ4n) is 3.69. The first-order valence-electron chi connectivity index (χ1n) is 9.52. The van der Waals surface area contributed by atoms with Crippen LogP contribution in [0.3, 0.4) is 0 Å². The zero-order chi connectivity index (χ0) is 19.6. The second kappa shape index (κ2) is 7.53. The fourth-order valence-corrected chi connectivity index (χ4v) is 4.33. The summed E-state index contributed by atoms with van der Waals surface area (Å²) < 4.78 is 2.20. The maximum absolute atomic E-state index is 12.4. The van der Waals surface area contributed by atoms with Gasteiger partial charge in [-0.25, -0.2) is 4.98 Å². The first kappa shape index (κ1) is 17.6. The number of aromatic nitrogens is 2. The number of benzene rings is 3. The van der Waals surface area contributed by atoms with Crippen molar-refractivity contribution in [2.45, 2.75) is 13.1 Å².